The van der Waals surface area contributed by atoms with Crippen LogP contribution < -0.4 is 15.4 Å². The zero-order valence-electron chi connectivity index (χ0n) is 19.0. The number of hydrogen-bond acceptors (Lipinski definition) is 3. The van der Waals surface area contributed by atoms with Crippen LogP contribution in [0.5, 0.6) is 5.75 Å². The molecule has 2 N–H and O–H groups in total. The first-order chi connectivity index (χ1) is 15.1. The molecule has 0 unspecified atom stereocenters. The number of unbranched alkanes of at least 4 members (excludes halogenated alkanes) is 1. The Kier molecular flexibility index (Phi) is 9.50. The lowest BCUT2D eigenvalue weighted by Crippen LogP contribution is -2.48. The minimum Gasteiger partial charge on any atom is -0.494 e. The molecule has 6 nitrogen and oxygen atoms in total. The largest absolute Gasteiger partial charge is 0.494 e. The van der Waals surface area contributed by atoms with Crippen molar-refractivity contribution >= 4 is 11.9 Å². The van der Waals surface area contributed by atoms with Crippen LogP contribution in [-0.4, -0.2) is 42.6 Å². The molecule has 1 saturated heterocycles. The normalized spacial score (nSPS) is 17.9. The SMILES string of the molecule is CCCCOc1ccc(CNC(=O)CC2CCN(C(=O)NC3CCCCC3)CC2)cc1. The minimum absolute atomic E-state index is 0.0805. The van der Waals surface area contributed by atoms with E-state index in [0.717, 1.165) is 69.5 Å². The van der Waals surface area contributed by atoms with E-state index in [1.165, 1.54) is 19.3 Å². The maximum Gasteiger partial charge on any atom is 0.317 e. The van der Waals surface area contributed by atoms with Crippen LogP contribution in [0.15, 0.2) is 24.3 Å². The van der Waals surface area contributed by atoms with Crippen molar-refractivity contribution in [2.45, 2.75) is 83.7 Å². The summed E-state index contributed by atoms with van der Waals surface area (Å²) in [6.45, 7) is 4.92. The van der Waals surface area contributed by atoms with Gasteiger partial charge in [0.25, 0.3) is 0 Å². The van der Waals surface area contributed by atoms with Crippen molar-refractivity contribution in [2.24, 2.45) is 5.92 Å². The average Bonchev–Trinajstić information content (AvgIpc) is 2.80. The molecular weight excluding hydrogens is 390 g/mol. The highest BCUT2D eigenvalue weighted by molar-refractivity contribution is 5.76. The predicted molar refractivity (Wildman–Crippen MR) is 123 cm³/mol. The lowest BCUT2D eigenvalue weighted by atomic mass is 9.93. The van der Waals surface area contributed by atoms with E-state index >= 15 is 0 Å². The highest BCUT2D eigenvalue weighted by atomic mass is 16.5. The van der Waals surface area contributed by atoms with Crippen molar-refractivity contribution in [1.29, 1.82) is 0 Å². The van der Waals surface area contributed by atoms with Gasteiger partial charge in [-0.15, -0.1) is 0 Å². The zero-order valence-corrected chi connectivity index (χ0v) is 19.0. The molecule has 1 aliphatic heterocycles. The number of nitrogens with one attached hydrogen (secondary N) is 2. The molecule has 1 aromatic carbocycles. The number of carbonyl (C=O) groups is 2. The number of piperidine rings is 1. The van der Waals surface area contributed by atoms with Crippen molar-refractivity contribution in [2.75, 3.05) is 19.7 Å². The Bertz CT molecular complexity index is 678. The van der Waals surface area contributed by atoms with Gasteiger partial charge in [-0.2, -0.15) is 0 Å². The maximum atomic E-state index is 12.5. The van der Waals surface area contributed by atoms with Gasteiger partial charge in [-0.05, 0) is 55.7 Å². The van der Waals surface area contributed by atoms with Gasteiger partial charge in [-0.25, -0.2) is 4.79 Å². The fourth-order valence-electron chi connectivity index (χ4n) is 4.43. The molecule has 172 valence electrons. The third-order valence-corrected chi connectivity index (χ3v) is 6.49. The minimum atomic E-state index is 0.0805. The summed E-state index contributed by atoms with van der Waals surface area (Å²) in [4.78, 5) is 26.8. The van der Waals surface area contributed by atoms with Gasteiger partial charge in [0, 0.05) is 32.1 Å². The summed E-state index contributed by atoms with van der Waals surface area (Å²) in [6, 6.07) is 8.37. The number of hydrogen-bond donors (Lipinski definition) is 2. The van der Waals surface area contributed by atoms with Gasteiger partial charge in [0.2, 0.25) is 5.91 Å². The van der Waals surface area contributed by atoms with Gasteiger partial charge in [-0.3, -0.25) is 4.79 Å². The molecule has 3 rings (SSSR count). The smallest absolute Gasteiger partial charge is 0.317 e. The third kappa shape index (κ3) is 8.08. The van der Waals surface area contributed by atoms with E-state index in [1.807, 2.05) is 29.2 Å². The lowest BCUT2D eigenvalue weighted by molar-refractivity contribution is -0.122. The zero-order chi connectivity index (χ0) is 21.9. The van der Waals surface area contributed by atoms with E-state index in [2.05, 4.69) is 17.6 Å². The number of nitrogens with zero attached hydrogens (tertiary/aromatic N) is 1. The van der Waals surface area contributed by atoms with Gasteiger partial charge >= 0.3 is 6.03 Å². The standard InChI is InChI=1S/C25H39N3O3/c1-2-3-17-31-23-11-9-21(10-12-23)19-26-24(29)18-20-13-15-28(16-14-20)25(30)27-22-7-5-4-6-8-22/h9-12,20,22H,2-8,13-19H2,1H3,(H,26,29)(H,27,30). The molecule has 1 saturated carbocycles. The highest BCUT2D eigenvalue weighted by Gasteiger charge is 2.26. The maximum absolute atomic E-state index is 12.5. The molecule has 0 spiro atoms. The quantitative estimate of drug-likeness (QED) is 0.563. The summed E-state index contributed by atoms with van der Waals surface area (Å²) in [5.41, 5.74) is 1.07. The van der Waals surface area contributed by atoms with Gasteiger partial charge < -0.3 is 20.3 Å². The van der Waals surface area contributed by atoms with E-state index in [-0.39, 0.29) is 11.9 Å². The summed E-state index contributed by atoms with van der Waals surface area (Å²) in [5.74, 6) is 1.32. The number of likely N-dealkylation sites (tertiary alicyclic amines) is 1. The Labute approximate surface area is 187 Å². The average molecular weight is 430 g/mol. The number of ether oxygens (including phenoxy) is 1. The van der Waals surface area contributed by atoms with Crippen molar-refractivity contribution in [3.8, 4) is 5.75 Å². The number of amides is 3. The number of urea groups is 1. The van der Waals surface area contributed by atoms with Crippen molar-refractivity contribution in [3.05, 3.63) is 29.8 Å². The second-order valence-electron chi connectivity index (χ2n) is 9.04. The summed E-state index contributed by atoms with van der Waals surface area (Å²) in [7, 11) is 0. The van der Waals surface area contributed by atoms with Crippen molar-refractivity contribution in [3.63, 3.8) is 0 Å². The molecule has 0 atom stereocenters. The summed E-state index contributed by atoms with van der Waals surface area (Å²) in [5, 5.41) is 6.23. The molecule has 6 heteroatoms. The molecular formula is C25H39N3O3. The summed E-state index contributed by atoms with van der Waals surface area (Å²) >= 11 is 0. The summed E-state index contributed by atoms with van der Waals surface area (Å²) in [6.07, 6.45) is 10.5. The van der Waals surface area contributed by atoms with Crippen LogP contribution in [0.4, 0.5) is 4.79 Å². The second-order valence-corrected chi connectivity index (χ2v) is 9.04. The number of rotatable bonds is 9. The van der Waals surface area contributed by atoms with Gasteiger partial charge in [0.1, 0.15) is 5.75 Å². The van der Waals surface area contributed by atoms with Crippen LogP contribution in [0.3, 0.4) is 0 Å². The first-order valence-electron chi connectivity index (χ1n) is 12.2. The third-order valence-electron chi connectivity index (χ3n) is 6.49. The van der Waals surface area contributed by atoms with Crippen LogP contribution >= 0.6 is 0 Å². The van der Waals surface area contributed by atoms with Crippen LogP contribution in [0, 0.1) is 5.92 Å². The van der Waals surface area contributed by atoms with E-state index in [0.29, 0.717) is 24.9 Å². The molecule has 2 fully saturated rings. The fraction of sp³-hybridized carbons (Fsp3) is 0.680. The molecule has 3 amide bonds. The Morgan fingerprint density at radius 1 is 1.03 bits per heavy atom. The number of carbonyl (C=O) groups excluding carboxylic acids is 2. The molecule has 1 aromatic rings. The lowest BCUT2D eigenvalue weighted by Gasteiger charge is -2.33. The molecule has 0 bridgehead atoms. The molecule has 0 radical (unpaired) electrons. The van der Waals surface area contributed by atoms with Gasteiger partial charge in [-0.1, -0.05) is 44.7 Å². The molecule has 0 aromatic heterocycles. The highest BCUT2D eigenvalue weighted by Crippen LogP contribution is 2.22. The Morgan fingerprint density at radius 3 is 2.42 bits per heavy atom. The molecule has 31 heavy (non-hydrogen) atoms. The van der Waals surface area contributed by atoms with Crippen molar-refractivity contribution in [1.82, 2.24) is 15.5 Å². The van der Waals surface area contributed by atoms with E-state index < -0.39 is 0 Å². The Morgan fingerprint density at radius 2 is 1.74 bits per heavy atom. The van der Waals surface area contributed by atoms with Crippen LogP contribution in [0.25, 0.3) is 0 Å². The van der Waals surface area contributed by atoms with E-state index in [1.54, 1.807) is 0 Å². The van der Waals surface area contributed by atoms with E-state index in [4.69, 9.17) is 4.74 Å². The molecule has 1 heterocycles. The molecule has 2 aliphatic rings. The van der Waals surface area contributed by atoms with E-state index in [9.17, 15) is 9.59 Å². The first kappa shape index (κ1) is 23.4. The summed E-state index contributed by atoms with van der Waals surface area (Å²) < 4.78 is 5.68. The van der Waals surface area contributed by atoms with Gasteiger partial charge in [0.05, 0.1) is 6.61 Å². The second kappa shape index (κ2) is 12.6. The van der Waals surface area contributed by atoms with Crippen LogP contribution in [0.1, 0.15) is 76.7 Å². The predicted octanol–water partition coefficient (Wildman–Crippen LogP) is 4.63. The fourth-order valence-corrected chi connectivity index (χ4v) is 4.43. The van der Waals surface area contributed by atoms with Crippen LogP contribution in [0.2, 0.25) is 0 Å². The Balaban J connectivity index is 1.31. The van der Waals surface area contributed by atoms with Crippen molar-refractivity contribution < 1.29 is 14.3 Å². The molecule has 1 aliphatic carbocycles. The Hall–Kier alpha value is -2.24. The monoisotopic (exact) mass is 429 g/mol. The topological polar surface area (TPSA) is 70.7 Å². The van der Waals surface area contributed by atoms with Crippen LogP contribution in [-0.2, 0) is 11.3 Å². The first-order valence-corrected chi connectivity index (χ1v) is 12.2. The van der Waals surface area contributed by atoms with Gasteiger partial charge in [0.15, 0.2) is 0 Å². The number of benzene rings is 1.